The SMILES string of the molecule is Cc1csc(CCCCNC(=O)C(Cc2c[nH]c3ccccc23)NC(=O)C(C)C)n1. The Morgan fingerprint density at radius 3 is 2.70 bits per heavy atom. The summed E-state index contributed by atoms with van der Waals surface area (Å²) in [6.07, 6.45) is 5.15. The van der Waals surface area contributed by atoms with Gasteiger partial charge in [0.1, 0.15) is 6.04 Å². The van der Waals surface area contributed by atoms with Gasteiger partial charge in [0, 0.05) is 47.1 Å². The minimum atomic E-state index is -0.597. The molecule has 0 saturated heterocycles. The first kappa shape index (κ1) is 22.0. The number of H-pyrrole nitrogens is 1. The summed E-state index contributed by atoms with van der Waals surface area (Å²) >= 11 is 1.68. The van der Waals surface area contributed by atoms with Crippen LogP contribution in [0.1, 0.15) is 43.0 Å². The largest absolute Gasteiger partial charge is 0.361 e. The number of nitrogens with zero attached hydrogens (tertiary/aromatic N) is 1. The molecular weight excluding hydrogens is 396 g/mol. The molecule has 0 saturated carbocycles. The maximum absolute atomic E-state index is 12.9. The quantitative estimate of drug-likeness (QED) is 0.432. The lowest BCUT2D eigenvalue weighted by Crippen LogP contribution is -2.49. The van der Waals surface area contributed by atoms with Crippen molar-refractivity contribution in [3.8, 4) is 0 Å². The van der Waals surface area contributed by atoms with Gasteiger partial charge in [0.2, 0.25) is 11.8 Å². The number of unbranched alkanes of at least 4 members (excludes halogenated alkanes) is 1. The number of hydrogen-bond acceptors (Lipinski definition) is 4. The van der Waals surface area contributed by atoms with E-state index in [0.29, 0.717) is 13.0 Å². The Morgan fingerprint density at radius 1 is 1.17 bits per heavy atom. The molecule has 2 aromatic heterocycles. The summed E-state index contributed by atoms with van der Waals surface area (Å²) in [4.78, 5) is 32.8. The highest BCUT2D eigenvalue weighted by Crippen LogP contribution is 2.19. The van der Waals surface area contributed by atoms with Gasteiger partial charge in [-0.25, -0.2) is 4.98 Å². The van der Waals surface area contributed by atoms with Crippen LogP contribution in [0.4, 0.5) is 0 Å². The lowest BCUT2D eigenvalue weighted by atomic mass is 10.0. The maximum atomic E-state index is 12.9. The molecular formula is C23H30N4O2S. The Balaban J connectivity index is 1.56. The van der Waals surface area contributed by atoms with Gasteiger partial charge >= 0.3 is 0 Å². The second-order valence-corrected chi connectivity index (χ2v) is 8.85. The number of thiazole rings is 1. The van der Waals surface area contributed by atoms with Crippen molar-refractivity contribution >= 4 is 34.1 Å². The third kappa shape index (κ3) is 5.92. The van der Waals surface area contributed by atoms with Crippen LogP contribution >= 0.6 is 11.3 Å². The van der Waals surface area contributed by atoms with E-state index in [1.165, 1.54) is 0 Å². The molecule has 160 valence electrons. The number of hydrogen-bond donors (Lipinski definition) is 3. The van der Waals surface area contributed by atoms with Crippen molar-refractivity contribution in [3.63, 3.8) is 0 Å². The Morgan fingerprint density at radius 2 is 1.97 bits per heavy atom. The summed E-state index contributed by atoms with van der Waals surface area (Å²) in [5.41, 5.74) is 3.11. The van der Waals surface area contributed by atoms with Gasteiger partial charge in [-0.2, -0.15) is 0 Å². The Hall–Kier alpha value is -2.67. The van der Waals surface area contributed by atoms with Crippen molar-refractivity contribution in [1.29, 1.82) is 0 Å². The molecule has 0 aliphatic rings. The molecule has 6 nitrogen and oxygen atoms in total. The van der Waals surface area contributed by atoms with Crippen LogP contribution in [0.5, 0.6) is 0 Å². The molecule has 3 rings (SSSR count). The summed E-state index contributed by atoms with van der Waals surface area (Å²) in [6.45, 7) is 6.25. The predicted octanol–water partition coefficient (Wildman–Crippen LogP) is 3.76. The van der Waals surface area contributed by atoms with Crippen molar-refractivity contribution in [2.45, 2.75) is 52.5 Å². The summed E-state index contributed by atoms with van der Waals surface area (Å²) in [7, 11) is 0. The third-order valence-corrected chi connectivity index (χ3v) is 6.07. The van der Waals surface area contributed by atoms with E-state index in [4.69, 9.17) is 0 Å². The molecule has 30 heavy (non-hydrogen) atoms. The minimum Gasteiger partial charge on any atom is -0.361 e. The molecule has 0 aliphatic carbocycles. The van der Waals surface area contributed by atoms with Crippen molar-refractivity contribution in [1.82, 2.24) is 20.6 Å². The number of rotatable bonds is 10. The van der Waals surface area contributed by atoms with Crippen LogP contribution in [-0.4, -0.2) is 34.4 Å². The van der Waals surface area contributed by atoms with E-state index in [0.717, 1.165) is 46.4 Å². The van der Waals surface area contributed by atoms with Crippen LogP contribution in [-0.2, 0) is 22.4 Å². The number of fused-ring (bicyclic) bond motifs is 1. The van der Waals surface area contributed by atoms with Crippen molar-refractivity contribution in [2.24, 2.45) is 5.92 Å². The average Bonchev–Trinajstić information content (AvgIpc) is 3.33. The number of carbonyl (C=O) groups excluding carboxylic acids is 2. The van der Waals surface area contributed by atoms with Gasteiger partial charge in [0.05, 0.1) is 5.01 Å². The molecule has 1 unspecified atom stereocenters. The van der Waals surface area contributed by atoms with E-state index >= 15 is 0 Å². The summed E-state index contributed by atoms with van der Waals surface area (Å²) in [5, 5.41) is 10.2. The van der Waals surface area contributed by atoms with Gasteiger partial charge in [0.15, 0.2) is 0 Å². The Kier molecular flexibility index (Phi) is 7.63. The van der Waals surface area contributed by atoms with Gasteiger partial charge in [-0.1, -0.05) is 32.0 Å². The normalized spacial score (nSPS) is 12.3. The molecule has 7 heteroatoms. The Labute approximate surface area is 181 Å². The first-order valence-electron chi connectivity index (χ1n) is 10.5. The lowest BCUT2D eigenvalue weighted by Gasteiger charge is -2.19. The van der Waals surface area contributed by atoms with Crippen molar-refractivity contribution in [2.75, 3.05) is 6.54 Å². The summed E-state index contributed by atoms with van der Waals surface area (Å²) < 4.78 is 0. The number of carbonyl (C=O) groups is 2. The highest BCUT2D eigenvalue weighted by Gasteiger charge is 2.23. The molecule has 0 spiro atoms. The molecule has 0 bridgehead atoms. The number of para-hydroxylation sites is 1. The molecule has 0 aliphatic heterocycles. The number of aryl methyl sites for hydroxylation is 2. The number of benzene rings is 1. The van der Waals surface area contributed by atoms with Crippen LogP contribution < -0.4 is 10.6 Å². The fourth-order valence-electron chi connectivity index (χ4n) is 3.32. The van der Waals surface area contributed by atoms with Gasteiger partial charge in [-0.3, -0.25) is 9.59 Å². The maximum Gasteiger partial charge on any atom is 0.242 e. The Bertz CT molecular complexity index is 992. The average molecular weight is 427 g/mol. The first-order chi connectivity index (χ1) is 14.4. The zero-order valence-electron chi connectivity index (χ0n) is 17.8. The molecule has 2 heterocycles. The second-order valence-electron chi connectivity index (χ2n) is 7.91. The van der Waals surface area contributed by atoms with E-state index in [1.807, 2.05) is 51.2 Å². The van der Waals surface area contributed by atoms with Crippen LogP contribution in [0.25, 0.3) is 10.9 Å². The molecule has 0 radical (unpaired) electrons. The predicted molar refractivity (Wildman–Crippen MR) is 122 cm³/mol. The summed E-state index contributed by atoms with van der Waals surface area (Å²) in [5.74, 6) is -0.432. The number of aromatic nitrogens is 2. The van der Waals surface area contributed by atoms with Gasteiger partial charge in [-0.05, 0) is 37.8 Å². The van der Waals surface area contributed by atoms with E-state index in [-0.39, 0.29) is 17.7 Å². The van der Waals surface area contributed by atoms with E-state index in [2.05, 4.69) is 26.0 Å². The van der Waals surface area contributed by atoms with E-state index < -0.39 is 6.04 Å². The smallest absolute Gasteiger partial charge is 0.242 e. The number of nitrogens with one attached hydrogen (secondary N) is 3. The molecule has 2 amide bonds. The summed E-state index contributed by atoms with van der Waals surface area (Å²) in [6, 6.07) is 7.39. The van der Waals surface area contributed by atoms with Crippen molar-refractivity contribution in [3.05, 3.63) is 52.1 Å². The molecule has 3 aromatic rings. The highest BCUT2D eigenvalue weighted by molar-refractivity contribution is 7.09. The second kappa shape index (κ2) is 10.4. The van der Waals surface area contributed by atoms with E-state index in [9.17, 15) is 9.59 Å². The standard InChI is InChI=1S/C23H30N4O2S/c1-15(2)22(28)27-20(12-17-13-25-19-9-5-4-8-18(17)19)23(29)24-11-7-6-10-21-26-16(3)14-30-21/h4-5,8-9,13-15,20,25H,6-7,10-12H2,1-3H3,(H,24,29)(H,27,28). The molecule has 1 atom stereocenters. The highest BCUT2D eigenvalue weighted by atomic mass is 32.1. The molecule has 0 fully saturated rings. The monoisotopic (exact) mass is 426 g/mol. The number of aromatic amines is 1. The van der Waals surface area contributed by atoms with Crippen molar-refractivity contribution < 1.29 is 9.59 Å². The number of amides is 2. The van der Waals surface area contributed by atoms with Crippen LogP contribution in [0.2, 0.25) is 0 Å². The fraction of sp³-hybridized carbons (Fsp3) is 0.435. The van der Waals surface area contributed by atoms with Gasteiger partial charge < -0.3 is 15.6 Å². The van der Waals surface area contributed by atoms with Crippen LogP contribution in [0.15, 0.2) is 35.8 Å². The zero-order valence-corrected chi connectivity index (χ0v) is 18.6. The molecule has 1 aromatic carbocycles. The fourth-order valence-corrected chi connectivity index (χ4v) is 4.14. The first-order valence-corrected chi connectivity index (χ1v) is 11.4. The topological polar surface area (TPSA) is 86.9 Å². The van der Waals surface area contributed by atoms with Gasteiger partial charge in [0.25, 0.3) is 0 Å². The minimum absolute atomic E-state index is 0.117. The third-order valence-electron chi connectivity index (χ3n) is 5.04. The van der Waals surface area contributed by atoms with Crippen LogP contribution in [0.3, 0.4) is 0 Å². The zero-order chi connectivity index (χ0) is 21.5. The van der Waals surface area contributed by atoms with Gasteiger partial charge in [-0.15, -0.1) is 11.3 Å². The van der Waals surface area contributed by atoms with Crippen LogP contribution in [0, 0.1) is 12.8 Å². The lowest BCUT2D eigenvalue weighted by molar-refractivity contribution is -0.130. The van der Waals surface area contributed by atoms with E-state index in [1.54, 1.807) is 11.3 Å². The molecule has 3 N–H and O–H groups in total.